The zero-order valence-electron chi connectivity index (χ0n) is 17.7. The Hall–Kier alpha value is -2.71. The van der Waals surface area contributed by atoms with E-state index in [9.17, 15) is 14.4 Å². The molecule has 8 heteroatoms. The van der Waals surface area contributed by atoms with Gasteiger partial charge in [0, 0.05) is 52.0 Å². The highest BCUT2D eigenvalue weighted by Gasteiger charge is 2.43. The first-order valence-corrected chi connectivity index (χ1v) is 10.8. The molecule has 8 nitrogen and oxygen atoms in total. The normalized spacial score (nSPS) is 22.8. The average molecular weight is 428 g/mol. The molecule has 1 aromatic rings. The fourth-order valence-corrected chi connectivity index (χ4v) is 4.26. The number of Topliss-reactive ketones (excluding diaryl/α,β-unsaturated/α-hetero) is 1. The number of carbonyl (C=O) groups is 3. The molecule has 3 aliphatic heterocycles. The fraction of sp³-hybridized carbons (Fsp3) is 0.522. The minimum absolute atomic E-state index is 0.0436. The van der Waals surface area contributed by atoms with Gasteiger partial charge in [-0.15, -0.1) is 0 Å². The number of nitrogens with zero attached hydrogens (tertiary/aromatic N) is 1. The van der Waals surface area contributed by atoms with Gasteiger partial charge in [0.25, 0.3) is 5.91 Å². The van der Waals surface area contributed by atoms with Crippen LogP contribution in [0, 0.1) is 0 Å². The van der Waals surface area contributed by atoms with Crippen molar-refractivity contribution in [2.45, 2.75) is 57.3 Å². The van der Waals surface area contributed by atoms with E-state index < -0.39 is 17.8 Å². The number of hydrogen-bond donors (Lipinski definition) is 1. The van der Waals surface area contributed by atoms with Crippen LogP contribution in [0.2, 0.25) is 0 Å². The maximum Gasteiger partial charge on any atom is 0.267 e. The zero-order valence-corrected chi connectivity index (χ0v) is 17.7. The summed E-state index contributed by atoms with van der Waals surface area (Å²) in [5.74, 6) is 0.229. The van der Waals surface area contributed by atoms with Gasteiger partial charge in [0.15, 0.2) is 12.1 Å². The molecule has 4 rings (SSSR count). The van der Waals surface area contributed by atoms with Gasteiger partial charge in [-0.2, -0.15) is 0 Å². The second-order valence-electron chi connectivity index (χ2n) is 8.36. The molecule has 31 heavy (non-hydrogen) atoms. The van der Waals surface area contributed by atoms with Crippen molar-refractivity contribution in [2.75, 3.05) is 19.7 Å². The molecule has 3 heterocycles. The summed E-state index contributed by atoms with van der Waals surface area (Å²) < 4.78 is 11.7. The van der Waals surface area contributed by atoms with Crippen LogP contribution in [0.15, 0.2) is 24.3 Å². The Bertz CT molecular complexity index is 882. The molecule has 1 N–H and O–H groups in total. The van der Waals surface area contributed by atoms with Crippen LogP contribution in [-0.4, -0.2) is 54.1 Å². The number of hydrogen-bond acceptors (Lipinski definition) is 6. The van der Waals surface area contributed by atoms with Gasteiger partial charge in [-0.3, -0.25) is 14.4 Å². The number of piperidine rings is 1. The summed E-state index contributed by atoms with van der Waals surface area (Å²) in [6.07, 6.45) is 6.97. The molecule has 0 aromatic heterocycles. The smallest absolute Gasteiger partial charge is 0.267 e. The molecule has 0 radical (unpaired) electrons. The molecule has 2 fully saturated rings. The van der Waals surface area contributed by atoms with E-state index in [1.54, 1.807) is 36.1 Å². The summed E-state index contributed by atoms with van der Waals surface area (Å²) in [4.78, 5) is 43.4. The summed E-state index contributed by atoms with van der Waals surface area (Å²) in [5.41, 5.74) is 3.12. The number of benzene rings is 1. The van der Waals surface area contributed by atoms with Crippen molar-refractivity contribution in [3.63, 3.8) is 0 Å². The second kappa shape index (κ2) is 9.20. The van der Waals surface area contributed by atoms with Crippen LogP contribution >= 0.6 is 0 Å². The number of hydroxylamine groups is 1. The van der Waals surface area contributed by atoms with Gasteiger partial charge in [0.2, 0.25) is 5.91 Å². The van der Waals surface area contributed by atoms with E-state index in [0.29, 0.717) is 50.3 Å². The maximum absolute atomic E-state index is 12.7. The van der Waals surface area contributed by atoms with Crippen LogP contribution in [0.1, 0.15) is 61.4 Å². The van der Waals surface area contributed by atoms with Crippen LogP contribution in [0.5, 0.6) is 5.75 Å². The number of amides is 2. The SMILES string of the molecule is CC(=O)N1CCC2(CC1)CC(=O)c1ccc(/C=C/C(=O)NOC3CCCCO3)cc1O2. The highest BCUT2D eigenvalue weighted by atomic mass is 16.8. The quantitative estimate of drug-likeness (QED) is 0.585. The van der Waals surface area contributed by atoms with E-state index >= 15 is 0 Å². The Kier molecular flexibility index (Phi) is 6.38. The van der Waals surface area contributed by atoms with E-state index in [2.05, 4.69) is 5.48 Å². The predicted molar refractivity (Wildman–Crippen MR) is 112 cm³/mol. The molecule has 2 amide bonds. The molecular weight excluding hydrogens is 400 g/mol. The molecule has 1 unspecified atom stereocenters. The van der Waals surface area contributed by atoms with E-state index in [4.69, 9.17) is 14.3 Å². The van der Waals surface area contributed by atoms with Crippen molar-refractivity contribution >= 4 is 23.7 Å². The van der Waals surface area contributed by atoms with Gasteiger partial charge in [0.05, 0.1) is 12.0 Å². The zero-order chi connectivity index (χ0) is 21.8. The lowest BCUT2D eigenvalue weighted by atomic mass is 9.82. The Morgan fingerprint density at radius 3 is 2.77 bits per heavy atom. The van der Waals surface area contributed by atoms with Crippen LogP contribution in [0.25, 0.3) is 6.08 Å². The minimum atomic E-state index is -0.566. The van der Waals surface area contributed by atoms with Gasteiger partial charge < -0.3 is 14.4 Å². The standard InChI is InChI=1S/C23H28N2O6/c1-16(26)25-11-9-23(10-12-25)15-19(27)18-7-5-17(14-20(18)30-23)6-8-21(28)24-31-22-4-2-3-13-29-22/h5-8,14,22H,2-4,9-13,15H2,1H3,(H,24,28)/b8-6+. The number of ketones is 1. The van der Waals surface area contributed by atoms with Crippen LogP contribution < -0.4 is 10.2 Å². The van der Waals surface area contributed by atoms with Crippen molar-refractivity contribution in [1.29, 1.82) is 0 Å². The third-order valence-corrected chi connectivity index (χ3v) is 6.09. The Morgan fingerprint density at radius 2 is 2.06 bits per heavy atom. The Labute approximate surface area is 181 Å². The van der Waals surface area contributed by atoms with E-state index in [1.165, 1.54) is 6.08 Å². The second-order valence-corrected chi connectivity index (χ2v) is 8.36. The molecule has 2 saturated heterocycles. The van der Waals surface area contributed by atoms with E-state index in [0.717, 1.165) is 24.8 Å². The van der Waals surface area contributed by atoms with E-state index in [-0.39, 0.29) is 11.7 Å². The summed E-state index contributed by atoms with van der Waals surface area (Å²) in [6.45, 7) is 3.37. The monoisotopic (exact) mass is 428 g/mol. The number of nitrogens with one attached hydrogen (secondary N) is 1. The molecule has 1 atom stereocenters. The molecular formula is C23H28N2O6. The van der Waals surface area contributed by atoms with Crippen LogP contribution in [-0.2, 0) is 19.2 Å². The largest absolute Gasteiger partial charge is 0.486 e. The third-order valence-electron chi connectivity index (χ3n) is 6.09. The van der Waals surface area contributed by atoms with Gasteiger partial charge in [-0.1, -0.05) is 6.07 Å². The third kappa shape index (κ3) is 5.14. The van der Waals surface area contributed by atoms with Crippen molar-refractivity contribution in [3.05, 3.63) is 35.4 Å². The van der Waals surface area contributed by atoms with Gasteiger partial charge >= 0.3 is 0 Å². The lowest BCUT2D eigenvalue weighted by Crippen LogP contribution is -2.51. The Balaban J connectivity index is 1.38. The molecule has 3 aliphatic rings. The molecule has 0 aliphatic carbocycles. The lowest BCUT2D eigenvalue weighted by Gasteiger charge is -2.43. The highest BCUT2D eigenvalue weighted by molar-refractivity contribution is 6.01. The van der Waals surface area contributed by atoms with Crippen molar-refractivity contribution in [1.82, 2.24) is 10.4 Å². The fourth-order valence-electron chi connectivity index (χ4n) is 4.26. The van der Waals surface area contributed by atoms with Crippen molar-refractivity contribution in [2.24, 2.45) is 0 Å². The lowest BCUT2D eigenvalue weighted by molar-refractivity contribution is -0.198. The van der Waals surface area contributed by atoms with Gasteiger partial charge in [-0.25, -0.2) is 10.3 Å². The summed E-state index contributed by atoms with van der Waals surface area (Å²) in [5, 5.41) is 0. The minimum Gasteiger partial charge on any atom is -0.486 e. The number of ether oxygens (including phenoxy) is 2. The molecule has 0 saturated carbocycles. The molecule has 166 valence electrons. The predicted octanol–water partition coefficient (Wildman–Crippen LogP) is 2.62. The van der Waals surface area contributed by atoms with Crippen molar-refractivity contribution < 1.29 is 28.7 Å². The number of carbonyl (C=O) groups excluding carboxylic acids is 3. The van der Waals surface area contributed by atoms with E-state index in [1.807, 2.05) is 0 Å². The van der Waals surface area contributed by atoms with Gasteiger partial charge in [0.1, 0.15) is 11.4 Å². The first-order valence-electron chi connectivity index (χ1n) is 10.8. The highest BCUT2D eigenvalue weighted by Crippen LogP contribution is 2.39. The maximum atomic E-state index is 12.7. The number of likely N-dealkylation sites (tertiary alicyclic amines) is 1. The van der Waals surface area contributed by atoms with Crippen LogP contribution in [0.3, 0.4) is 0 Å². The summed E-state index contributed by atoms with van der Waals surface area (Å²) >= 11 is 0. The molecule has 1 spiro atoms. The number of fused-ring (bicyclic) bond motifs is 1. The van der Waals surface area contributed by atoms with Crippen molar-refractivity contribution in [3.8, 4) is 5.75 Å². The number of rotatable bonds is 4. The molecule has 1 aromatic carbocycles. The molecule has 0 bridgehead atoms. The van der Waals surface area contributed by atoms with Gasteiger partial charge in [-0.05, 0) is 36.6 Å². The average Bonchev–Trinajstić information content (AvgIpc) is 2.77. The summed E-state index contributed by atoms with van der Waals surface area (Å²) in [7, 11) is 0. The first kappa shape index (κ1) is 21.5. The first-order chi connectivity index (χ1) is 14.9. The Morgan fingerprint density at radius 1 is 1.26 bits per heavy atom. The summed E-state index contributed by atoms with van der Waals surface area (Å²) in [6, 6.07) is 5.30. The topological polar surface area (TPSA) is 94.2 Å². The van der Waals surface area contributed by atoms with Crippen LogP contribution in [0.4, 0.5) is 0 Å².